The smallest absolute Gasteiger partial charge is 0.420 e. The number of alkyl carbamates (subject to hydrolysis) is 1. The van der Waals surface area contributed by atoms with Gasteiger partial charge in [-0.05, 0) is 56.2 Å². The Bertz CT molecular complexity index is 1140. The van der Waals surface area contributed by atoms with Crippen molar-refractivity contribution in [1.82, 2.24) is 15.5 Å². The highest BCUT2D eigenvalue weighted by Gasteiger charge is 2.33. The van der Waals surface area contributed by atoms with E-state index in [1.54, 1.807) is 6.92 Å². The van der Waals surface area contributed by atoms with Crippen molar-refractivity contribution in [3.63, 3.8) is 0 Å². The van der Waals surface area contributed by atoms with E-state index in [9.17, 15) is 4.79 Å². The van der Waals surface area contributed by atoms with Gasteiger partial charge < -0.3 is 23.9 Å². The van der Waals surface area contributed by atoms with Gasteiger partial charge in [-0.2, -0.15) is 0 Å². The Hall–Kier alpha value is -3.55. The van der Waals surface area contributed by atoms with Crippen LogP contribution in [-0.4, -0.2) is 34.0 Å². The predicted molar refractivity (Wildman–Crippen MR) is 131 cm³/mol. The van der Waals surface area contributed by atoms with Crippen LogP contribution in [0.5, 0.6) is 17.6 Å². The van der Waals surface area contributed by atoms with Crippen LogP contribution in [0.25, 0.3) is 0 Å². The maximum Gasteiger partial charge on any atom is 0.420 e. The molecule has 8 nitrogen and oxygen atoms in total. The summed E-state index contributed by atoms with van der Waals surface area (Å²) in [5, 5.41) is 10.5. The molecule has 0 saturated heterocycles. The Morgan fingerprint density at radius 2 is 1.49 bits per heavy atom. The molecule has 35 heavy (non-hydrogen) atoms. The zero-order valence-corrected chi connectivity index (χ0v) is 21.1. The van der Waals surface area contributed by atoms with Crippen molar-refractivity contribution in [2.75, 3.05) is 0 Å². The van der Waals surface area contributed by atoms with Crippen molar-refractivity contribution in [2.45, 2.75) is 77.5 Å². The molecule has 0 spiro atoms. The van der Waals surface area contributed by atoms with E-state index >= 15 is 0 Å². The molecule has 0 radical (unpaired) electrons. The zero-order valence-electron chi connectivity index (χ0n) is 21.1. The summed E-state index contributed by atoms with van der Waals surface area (Å²) in [6.07, 6.45) is 1.37. The Kier molecular flexibility index (Phi) is 6.74. The van der Waals surface area contributed by atoms with Crippen molar-refractivity contribution in [3.05, 3.63) is 65.5 Å². The third-order valence-electron chi connectivity index (χ3n) is 5.98. The quantitative estimate of drug-likeness (QED) is 0.449. The van der Waals surface area contributed by atoms with Crippen molar-refractivity contribution in [1.29, 1.82) is 0 Å². The maximum atomic E-state index is 11.9. The molecular weight excluding hydrogens is 446 g/mol. The van der Waals surface area contributed by atoms with Gasteiger partial charge in [0, 0.05) is 31.2 Å². The van der Waals surface area contributed by atoms with Gasteiger partial charge in [-0.25, -0.2) is 4.79 Å². The first kappa shape index (κ1) is 24.6. The van der Waals surface area contributed by atoms with Gasteiger partial charge in [0.25, 0.3) is 0 Å². The number of amides is 1. The molecule has 8 heteroatoms. The molecule has 1 fully saturated rings. The highest BCUT2D eigenvalue weighted by molar-refractivity contribution is 5.68. The van der Waals surface area contributed by atoms with Crippen molar-refractivity contribution in [3.8, 4) is 17.6 Å². The molecule has 1 N–H and O–H groups in total. The minimum Gasteiger partial charge on any atom is -0.490 e. The van der Waals surface area contributed by atoms with Gasteiger partial charge >= 0.3 is 12.2 Å². The Morgan fingerprint density at radius 3 is 2.00 bits per heavy atom. The topological polar surface area (TPSA) is 95.7 Å². The summed E-state index contributed by atoms with van der Waals surface area (Å²) in [5.74, 6) is 1.92. The lowest BCUT2D eigenvalue weighted by Crippen LogP contribution is -2.50. The second kappa shape index (κ2) is 9.60. The van der Waals surface area contributed by atoms with E-state index in [0.29, 0.717) is 11.6 Å². The van der Waals surface area contributed by atoms with Crippen molar-refractivity contribution < 1.29 is 23.4 Å². The van der Waals surface area contributed by atoms with Crippen LogP contribution in [-0.2, 0) is 10.2 Å². The van der Waals surface area contributed by atoms with E-state index in [-0.39, 0.29) is 29.7 Å². The minimum absolute atomic E-state index is 0.0869. The molecule has 0 aliphatic heterocycles. The summed E-state index contributed by atoms with van der Waals surface area (Å²) in [5.41, 5.74) is 1.61. The van der Waals surface area contributed by atoms with Gasteiger partial charge in [0.2, 0.25) is 5.89 Å². The van der Waals surface area contributed by atoms with E-state index < -0.39 is 5.60 Å². The van der Waals surface area contributed by atoms with Crippen LogP contribution in [0.4, 0.5) is 4.79 Å². The lowest BCUT2D eigenvalue weighted by Gasteiger charge is -2.36. The number of aromatic nitrogens is 2. The number of nitrogens with zero attached hydrogens (tertiary/aromatic N) is 2. The normalized spacial score (nSPS) is 17.9. The van der Waals surface area contributed by atoms with Crippen LogP contribution in [0.15, 0.2) is 52.9 Å². The van der Waals surface area contributed by atoms with Crippen LogP contribution in [0.2, 0.25) is 0 Å². The zero-order chi connectivity index (χ0) is 25.2. The number of carbonyl (C=O) groups excluding carboxylic acids is 1. The number of benzene rings is 2. The number of carbonyl (C=O) groups is 1. The number of nitrogens with one attached hydrogen (secondary N) is 1. The SMILES string of the molecule is Cc1nnc(Oc2ccc(C(C)(C)c3ccc(OC4CC(NC(=O)OC(C)(C)C)C4)cc3)cc2)o1. The first-order valence-electron chi connectivity index (χ1n) is 11.8. The number of ether oxygens (including phenoxy) is 3. The minimum atomic E-state index is -0.497. The fourth-order valence-electron chi connectivity index (χ4n) is 3.92. The summed E-state index contributed by atoms with van der Waals surface area (Å²) in [6, 6.07) is 16.1. The average Bonchev–Trinajstić information content (AvgIpc) is 3.16. The lowest BCUT2D eigenvalue weighted by molar-refractivity contribution is 0.0363. The first-order chi connectivity index (χ1) is 16.5. The maximum absolute atomic E-state index is 11.9. The highest BCUT2D eigenvalue weighted by Crippen LogP contribution is 2.35. The number of hydrogen-bond donors (Lipinski definition) is 1. The molecule has 0 unspecified atom stereocenters. The van der Waals surface area contributed by atoms with E-state index in [1.807, 2.05) is 57.2 Å². The van der Waals surface area contributed by atoms with Gasteiger partial charge in [-0.1, -0.05) is 43.2 Å². The van der Waals surface area contributed by atoms with Crippen LogP contribution in [0, 0.1) is 6.92 Å². The Labute approximate surface area is 206 Å². The molecule has 1 aliphatic rings. The Morgan fingerprint density at radius 1 is 0.914 bits per heavy atom. The van der Waals surface area contributed by atoms with Gasteiger partial charge in [0.05, 0.1) is 0 Å². The Balaban J connectivity index is 1.30. The molecule has 0 bridgehead atoms. The van der Waals surface area contributed by atoms with E-state index in [2.05, 4.69) is 41.5 Å². The summed E-state index contributed by atoms with van der Waals surface area (Å²) in [4.78, 5) is 11.9. The third-order valence-corrected chi connectivity index (χ3v) is 5.98. The van der Waals surface area contributed by atoms with Crippen LogP contribution in [0.3, 0.4) is 0 Å². The van der Waals surface area contributed by atoms with Gasteiger partial charge in [0.1, 0.15) is 23.2 Å². The van der Waals surface area contributed by atoms with E-state index in [0.717, 1.165) is 24.2 Å². The third kappa shape index (κ3) is 6.32. The molecule has 1 saturated carbocycles. The van der Waals surface area contributed by atoms with E-state index in [4.69, 9.17) is 18.6 Å². The summed E-state index contributed by atoms with van der Waals surface area (Å²) < 4.78 is 22.3. The molecule has 1 heterocycles. The fourth-order valence-corrected chi connectivity index (χ4v) is 3.92. The summed E-state index contributed by atoms with van der Waals surface area (Å²) in [7, 11) is 0. The summed E-state index contributed by atoms with van der Waals surface area (Å²) >= 11 is 0. The largest absolute Gasteiger partial charge is 0.490 e. The molecule has 2 aromatic carbocycles. The van der Waals surface area contributed by atoms with Crippen molar-refractivity contribution in [2.24, 2.45) is 0 Å². The lowest BCUT2D eigenvalue weighted by atomic mass is 9.78. The second-order valence-electron chi connectivity index (χ2n) is 10.4. The molecule has 3 aromatic rings. The standard InChI is InChI=1S/C27H33N3O5/c1-17-29-30-25(32-17)34-22-13-9-19(10-14-22)27(5,6)18-7-11-21(12-8-18)33-23-15-20(16-23)28-24(31)35-26(2,3)4/h7-14,20,23H,15-16H2,1-6H3,(H,28,31). The average molecular weight is 480 g/mol. The monoisotopic (exact) mass is 479 g/mol. The van der Waals surface area contributed by atoms with Crippen LogP contribution >= 0.6 is 0 Å². The van der Waals surface area contributed by atoms with Gasteiger partial charge in [0.15, 0.2) is 0 Å². The van der Waals surface area contributed by atoms with Gasteiger partial charge in [-0.3, -0.25) is 0 Å². The molecule has 0 atom stereocenters. The second-order valence-corrected chi connectivity index (χ2v) is 10.4. The molecular formula is C27H33N3O5. The number of hydrogen-bond acceptors (Lipinski definition) is 7. The fraction of sp³-hybridized carbons (Fsp3) is 0.444. The van der Waals surface area contributed by atoms with E-state index in [1.165, 1.54) is 5.56 Å². The molecule has 186 valence electrons. The molecule has 1 aliphatic carbocycles. The first-order valence-corrected chi connectivity index (χ1v) is 11.8. The van der Waals surface area contributed by atoms with Crippen LogP contribution < -0.4 is 14.8 Å². The molecule has 1 amide bonds. The molecule has 1 aromatic heterocycles. The predicted octanol–water partition coefficient (Wildman–Crippen LogP) is 5.93. The highest BCUT2D eigenvalue weighted by atomic mass is 16.6. The number of aryl methyl sites for hydroxylation is 1. The number of rotatable bonds is 7. The molecule has 4 rings (SSSR count). The summed E-state index contributed by atoms with van der Waals surface area (Å²) in [6.45, 7) is 11.6. The van der Waals surface area contributed by atoms with Crippen LogP contribution in [0.1, 0.15) is 64.5 Å². The van der Waals surface area contributed by atoms with Crippen molar-refractivity contribution >= 4 is 6.09 Å². The van der Waals surface area contributed by atoms with Gasteiger partial charge in [-0.15, -0.1) is 5.10 Å².